The first-order chi connectivity index (χ1) is 3.77. The third kappa shape index (κ3) is 6.07. The van der Waals surface area contributed by atoms with Gasteiger partial charge in [0.25, 0.3) is 5.95 Å². The van der Waals surface area contributed by atoms with Crippen molar-refractivity contribution in [3.05, 3.63) is 12.0 Å². The lowest BCUT2D eigenvalue weighted by Crippen LogP contribution is -1.76. The van der Waals surface area contributed by atoms with E-state index in [9.17, 15) is 0 Å². The second-order valence-corrected chi connectivity index (χ2v) is 2.47. The lowest BCUT2D eigenvalue weighted by molar-refractivity contribution is 0.189. The molecular weight excluding hydrogens is 219 g/mol. The molecule has 0 aromatic heterocycles. The third-order valence-corrected chi connectivity index (χ3v) is 1.43. The van der Waals surface area contributed by atoms with Crippen molar-refractivity contribution in [3.8, 4) is 0 Å². The van der Waals surface area contributed by atoms with Gasteiger partial charge in [-0.2, -0.15) is 0 Å². The summed E-state index contributed by atoms with van der Waals surface area (Å²) >= 11 is 2.24. The Morgan fingerprint density at radius 3 is 2.50 bits per heavy atom. The summed E-state index contributed by atoms with van der Waals surface area (Å²) in [4.78, 5) is 0. The van der Waals surface area contributed by atoms with Crippen molar-refractivity contribution >= 4 is 22.6 Å². The first-order valence-electron chi connectivity index (χ1n) is 2.41. The zero-order chi connectivity index (χ0) is 6.41. The van der Waals surface area contributed by atoms with Gasteiger partial charge in [0.1, 0.15) is 0 Å². The molecule has 0 aromatic carbocycles. The normalized spacial score (nSPS) is 8.62. The standard InChI is InChI=1S/C5H9IO2/c6-4-2-1-3-5(7)8/h3,7-8H,1-2,4H2. The number of alkyl halides is 1. The van der Waals surface area contributed by atoms with Gasteiger partial charge in [-0.1, -0.05) is 22.6 Å². The Labute approximate surface area is 62.4 Å². The van der Waals surface area contributed by atoms with Gasteiger partial charge in [-0.3, -0.25) is 0 Å². The minimum atomic E-state index is -0.560. The lowest BCUT2D eigenvalue weighted by Gasteiger charge is -1.86. The Morgan fingerprint density at radius 2 is 2.12 bits per heavy atom. The van der Waals surface area contributed by atoms with E-state index in [1.165, 1.54) is 6.08 Å². The Hall–Kier alpha value is 0.0700. The van der Waals surface area contributed by atoms with E-state index in [-0.39, 0.29) is 0 Å². The van der Waals surface area contributed by atoms with Crippen LogP contribution < -0.4 is 0 Å². The predicted octanol–water partition coefficient (Wildman–Crippen LogP) is 2.16. The Morgan fingerprint density at radius 1 is 1.50 bits per heavy atom. The number of unbranched alkanes of at least 4 members (excludes halogenated alkanes) is 1. The molecule has 0 radical (unpaired) electrons. The van der Waals surface area contributed by atoms with E-state index in [1.807, 2.05) is 0 Å². The molecule has 0 aromatic rings. The van der Waals surface area contributed by atoms with Gasteiger partial charge in [-0.15, -0.1) is 0 Å². The molecule has 0 rings (SSSR count). The van der Waals surface area contributed by atoms with Crippen LogP contribution in [0.3, 0.4) is 0 Å². The number of rotatable bonds is 3. The van der Waals surface area contributed by atoms with Crippen molar-refractivity contribution in [2.24, 2.45) is 0 Å². The van der Waals surface area contributed by atoms with Crippen molar-refractivity contribution in [1.29, 1.82) is 0 Å². The smallest absolute Gasteiger partial charge is 0.269 e. The summed E-state index contributed by atoms with van der Waals surface area (Å²) in [6.07, 6.45) is 3.16. The molecule has 48 valence electrons. The largest absolute Gasteiger partial charge is 0.481 e. The van der Waals surface area contributed by atoms with Gasteiger partial charge >= 0.3 is 0 Å². The molecule has 0 unspecified atom stereocenters. The second kappa shape index (κ2) is 5.21. The van der Waals surface area contributed by atoms with Crippen molar-refractivity contribution < 1.29 is 10.2 Å². The quantitative estimate of drug-likeness (QED) is 0.336. The number of hydrogen-bond acceptors (Lipinski definition) is 2. The maximum Gasteiger partial charge on any atom is 0.269 e. The van der Waals surface area contributed by atoms with Gasteiger partial charge in [0, 0.05) is 0 Å². The van der Waals surface area contributed by atoms with E-state index in [0.717, 1.165) is 17.3 Å². The van der Waals surface area contributed by atoms with Crippen molar-refractivity contribution in [2.75, 3.05) is 4.43 Å². The Kier molecular flexibility index (Phi) is 5.26. The zero-order valence-electron chi connectivity index (χ0n) is 4.47. The van der Waals surface area contributed by atoms with E-state index in [0.29, 0.717) is 0 Å². The van der Waals surface area contributed by atoms with Crippen molar-refractivity contribution in [3.63, 3.8) is 0 Å². The second-order valence-electron chi connectivity index (χ2n) is 1.39. The van der Waals surface area contributed by atoms with Crippen LogP contribution >= 0.6 is 22.6 Å². The van der Waals surface area contributed by atoms with Gasteiger partial charge in [-0.25, -0.2) is 0 Å². The minimum absolute atomic E-state index is 0.560. The van der Waals surface area contributed by atoms with E-state index in [2.05, 4.69) is 22.6 Å². The van der Waals surface area contributed by atoms with E-state index >= 15 is 0 Å². The van der Waals surface area contributed by atoms with Gasteiger partial charge in [0.15, 0.2) is 0 Å². The average Bonchev–Trinajstić information content (AvgIpc) is 1.66. The maximum atomic E-state index is 8.19. The SMILES string of the molecule is OC(O)=CCCCI. The molecule has 0 aliphatic rings. The van der Waals surface area contributed by atoms with Gasteiger partial charge < -0.3 is 10.2 Å². The highest BCUT2D eigenvalue weighted by Crippen LogP contribution is 1.96. The fourth-order valence-corrected chi connectivity index (χ4v) is 0.749. The van der Waals surface area contributed by atoms with Crippen LogP contribution in [0.2, 0.25) is 0 Å². The highest BCUT2D eigenvalue weighted by Gasteiger charge is 1.82. The maximum absolute atomic E-state index is 8.19. The topological polar surface area (TPSA) is 40.5 Å². The van der Waals surface area contributed by atoms with E-state index in [1.54, 1.807) is 0 Å². The summed E-state index contributed by atoms with van der Waals surface area (Å²) in [6, 6.07) is 0. The molecular formula is C5H9IO2. The summed E-state index contributed by atoms with van der Waals surface area (Å²) in [7, 11) is 0. The summed E-state index contributed by atoms with van der Waals surface area (Å²) < 4.78 is 1.06. The first kappa shape index (κ1) is 8.07. The average molecular weight is 228 g/mol. The molecule has 0 amide bonds. The highest BCUT2D eigenvalue weighted by molar-refractivity contribution is 14.1. The molecule has 2 nitrogen and oxygen atoms in total. The zero-order valence-corrected chi connectivity index (χ0v) is 6.63. The predicted molar refractivity (Wildman–Crippen MR) is 41.5 cm³/mol. The molecule has 0 heterocycles. The van der Waals surface area contributed by atoms with Gasteiger partial charge in [0.2, 0.25) is 0 Å². The fraction of sp³-hybridized carbons (Fsp3) is 0.600. The molecule has 0 saturated carbocycles. The molecule has 0 fully saturated rings. The monoisotopic (exact) mass is 228 g/mol. The minimum Gasteiger partial charge on any atom is -0.481 e. The van der Waals surface area contributed by atoms with Crippen LogP contribution in [0, 0.1) is 0 Å². The number of aliphatic hydroxyl groups is 2. The van der Waals surface area contributed by atoms with Crippen LogP contribution in [0.15, 0.2) is 12.0 Å². The van der Waals surface area contributed by atoms with Crippen LogP contribution in [0.25, 0.3) is 0 Å². The molecule has 0 bridgehead atoms. The summed E-state index contributed by atoms with van der Waals surface area (Å²) in [6.45, 7) is 0. The number of hydrogen-bond donors (Lipinski definition) is 2. The number of allylic oxidation sites excluding steroid dienone is 1. The van der Waals surface area contributed by atoms with Crippen LogP contribution in [0.4, 0.5) is 0 Å². The summed E-state index contributed by atoms with van der Waals surface area (Å²) in [5, 5.41) is 16.4. The summed E-state index contributed by atoms with van der Waals surface area (Å²) in [5.41, 5.74) is 0. The fourth-order valence-electron chi connectivity index (χ4n) is 0.308. The molecule has 0 atom stereocenters. The van der Waals surface area contributed by atoms with Gasteiger partial charge in [-0.05, 0) is 23.3 Å². The van der Waals surface area contributed by atoms with Crippen LogP contribution in [-0.4, -0.2) is 14.6 Å². The molecule has 8 heavy (non-hydrogen) atoms. The molecule has 0 spiro atoms. The van der Waals surface area contributed by atoms with Gasteiger partial charge in [0.05, 0.1) is 0 Å². The third-order valence-electron chi connectivity index (χ3n) is 0.665. The number of aliphatic hydroxyl groups excluding tert-OH is 1. The molecule has 0 saturated heterocycles. The lowest BCUT2D eigenvalue weighted by atomic mass is 10.3. The van der Waals surface area contributed by atoms with E-state index < -0.39 is 5.95 Å². The molecule has 2 N–H and O–H groups in total. The Bertz CT molecular complexity index is 76.5. The first-order valence-corrected chi connectivity index (χ1v) is 3.94. The van der Waals surface area contributed by atoms with Crippen LogP contribution in [-0.2, 0) is 0 Å². The van der Waals surface area contributed by atoms with E-state index in [4.69, 9.17) is 10.2 Å². The number of halogens is 1. The molecule has 3 heteroatoms. The highest BCUT2D eigenvalue weighted by atomic mass is 127. The Balaban J connectivity index is 3.03. The van der Waals surface area contributed by atoms with Crippen molar-refractivity contribution in [1.82, 2.24) is 0 Å². The van der Waals surface area contributed by atoms with Crippen LogP contribution in [0.1, 0.15) is 12.8 Å². The molecule has 0 aliphatic heterocycles. The summed E-state index contributed by atoms with van der Waals surface area (Å²) in [5.74, 6) is -0.560. The van der Waals surface area contributed by atoms with Crippen molar-refractivity contribution in [2.45, 2.75) is 12.8 Å². The van der Waals surface area contributed by atoms with Crippen LogP contribution in [0.5, 0.6) is 0 Å². The molecule has 0 aliphatic carbocycles.